The van der Waals surface area contributed by atoms with E-state index in [1.165, 1.54) is 25.7 Å². The molecule has 0 atom stereocenters. The van der Waals surface area contributed by atoms with Crippen LogP contribution < -0.4 is 4.90 Å². The summed E-state index contributed by atoms with van der Waals surface area (Å²) in [7, 11) is 0. The number of hydrogen-bond acceptors (Lipinski definition) is 1. The Morgan fingerprint density at radius 2 is 1.73 bits per heavy atom. The lowest BCUT2D eigenvalue weighted by Gasteiger charge is -2.22. The summed E-state index contributed by atoms with van der Waals surface area (Å²) in [5.74, 6) is -0.0997. The van der Waals surface area contributed by atoms with E-state index in [2.05, 4.69) is 4.90 Å². The lowest BCUT2D eigenvalue weighted by Crippen LogP contribution is -2.23. The fourth-order valence-electron chi connectivity index (χ4n) is 2.01. The van der Waals surface area contributed by atoms with Crippen LogP contribution in [0.3, 0.4) is 0 Å². The summed E-state index contributed by atoms with van der Waals surface area (Å²) in [5, 5.41) is 0. The molecule has 1 aromatic rings. The molecule has 2 rings (SSSR count). The lowest BCUT2D eigenvalue weighted by molar-refractivity contribution is 0.619. The largest absolute Gasteiger partial charge is 0.371 e. The highest BCUT2D eigenvalue weighted by Gasteiger charge is 2.11. The first-order valence-electron chi connectivity index (χ1n) is 5.47. The van der Waals surface area contributed by atoms with Crippen LogP contribution in [-0.2, 0) is 0 Å². The van der Waals surface area contributed by atoms with Gasteiger partial charge < -0.3 is 4.90 Å². The SMILES string of the molecule is Fc1cc(N2CCCCCC2)ccc1I. The summed E-state index contributed by atoms with van der Waals surface area (Å²) >= 11 is 2.03. The van der Waals surface area contributed by atoms with Gasteiger partial charge >= 0.3 is 0 Å². The maximum atomic E-state index is 13.4. The van der Waals surface area contributed by atoms with Gasteiger partial charge in [-0.2, -0.15) is 0 Å². The molecule has 0 bridgehead atoms. The summed E-state index contributed by atoms with van der Waals surface area (Å²) in [6, 6.07) is 5.54. The number of benzene rings is 1. The fourth-order valence-corrected chi connectivity index (χ4v) is 2.35. The zero-order chi connectivity index (χ0) is 10.7. The second-order valence-electron chi connectivity index (χ2n) is 4.00. The summed E-state index contributed by atoms with van der Waals surface area (Å²) in [6.45, 7) is 2.14. The van der Waals surface area contributed by atoms with Crippen molar-refractivity contribution in [2.45, 2.75) is 25.7 Å². The zero-order valence-corrected chi connectivity index (χ0v) is 10.8. The van der Waals surface area contributed by atoms with Crippen LogP contribution in [-0.4, -0.2) is 13.1 Å². The van der Waals surface area contributed by atoms with Gasteiger partial charge in [0.1, 0.15) is 5.82 Å². The molecule has 1 aromatic carbocycles. The van der Waals surface area contributed by atoms with E-state index >= 15 is 0 Å². The van der Waals surface area contributed by atoms with E-state index in [4.69, 9.17) is 0 Å². The molecule has 82 valence electrons. The first-order valence-corrected chi connectivity index (χ1v) is 6.55. The second-order valence-corrected chi connectivity index (χ2v) is 5.16. The van der Waals surface area contributed by atoms with Gasteiger partial charge in [0.05, 0.1) is 0 Å². The topological polar surface area (TPSA) is 3.24 Å². The minimum Gasteiger partial charge on any atom is -0.371 e. The van der Waals surface area contributed by atoms with Crippen molar-refractivity contribution in [3.05, 3.63) is 27.6 Å². The molecule has 0 N–H and O–H groups in total. The lowest BCUT2D eigenvalue weighted by atomic mass is 10.2. The van der Waals surface area contributed by atoms with Gasteiger partial charge in [0, 0.05) is 22.3 Å². The highest BCUT2D eigenvalue weighted by molar-refractivity contribution is 14.1. The second kappa shape index (κ2) is 5.14. The third kappa shape index (κ3) is 2.83. The molecule has 1 aliphatic rings. The molecule has 1 heterocycles. The van der Waals surface area contributed by atoms with E-state index < -0.39 is 0 Å². The molecule has 0 spiro atoms. The molecule has 1 aliphatic heterocycles. The van der Waals surface area contributed by atoms with E-state index in [-0.39, 0.29) is 5.82 Å². The van der Waals surface area contributed by atoms with Crippen molar-refractivity contribution < 1.29 is 4.39 Å². The van der Waals surface area contributed by atoms with Crippen LogP contribution in [0.5, 0.6) is 0 Å². The molecule has 0 saturated carbocycles. The van der Waals surface area contributed by atoms with Crippen LogP contribution in [0.25, 0.3) is 0 Å². The summed E-state index contributed by atoms with van der Waals surface area (Å²) in [4.78, 5) is 2.30. The Hall–Kier alpha value is -0.320. The van der Waals surface area contributed by atoms with Crippen LogP contribution in [0, 0.1) is 9.39 Å². The van der Waals surface area contributed by atoms with Gasteiger partial charge in [0.2, 0.25) is 0 Å². The Bertz CT molecular complexity index is 332. The van der Waals surface area contributed by atoms with Crippen molar-refractivity contribution in [1.82, 2.24) is 0 Å². The van der Waals surface area contributed by atoms with E-state index in [1.54, 1.807) is 6.07 Å². The molecule has 0 amide bonds. The summed E-state index contributed by atoms with van der Waals surface area (Å²) < 4.78 is 14.1. The minimum atomic E-state index is -0.0997. The Balaban J connectivity index is 2.16. The first kappa shape index (κ1) is 11.2. The number of nitrogens with zero attached hydrogens (tertiary/aromatic N) is 1. The van der Waals surface area contributed by atoms with Gasteiger partial charge in [0.25, 0.3) is 0 Å². The van der Waals surface area contributed by atoms with Crippen LogP contribution in [0.15, 0.2) is 18.2 Å². The number of halogens is 2. The van der Waals surface area contributed by atoms with Gasteiger partial charge in [-0.25, -0.2) is 4.39 Å². The Morgan fingerprint density at radius 1 is 1.07 bits per heavy atom. The van der Waals surface area contributed by atoms with Gasteiger partial charge in [-0.1, -0.05) is 12.8 Å². The Labute approximate surface area is 104 Å². The van der Waals surface area contributed by atoms with Gasteiger partial charge in [-0.3, -0.25) is 0 Å². The van der Waals surface area contributed by atoms with Crippen molar-refractivity contribution >= 4 is 28.3 Å². The van der Waals surface area contributed by atoms with Crippen molar-refractivity contribution in [3.8, 4) is 0 Å². The highest BCUT2D eigenvalue weighted by atomic mass is 127. The smallest absolute Gasteiger partial charge is 0.138 e. The van der Waals surface area contributed by atoms with Gasteiger partial charge in [-0.15, -0.1) is 0 Å². The van der Waals surface area contributed by atoms with E-state index in [0.29, 0.717) is 3.57 Å². The van der Waals surface area contributed by atoms with Gasteiger partial charge in [0.15, 0.2) is 0 Å². The maximum Gasteiger partial charge on any atom is 0.138 e. The molecular weight excluding hydrogens is 304 g/mol. The maximum absolute atomic E-state index is 13.4. The predicted octanol–water partition coefficient (Wildman–Crippen LogP) is 3.81. The fraction of sp³-hybridized carbons (Fsp3) is 0.500. The van der Waals surface area contributed by atoms with Crippen LogP contribution in [0.1, 0.15) is 25.7 Å². The minimum absolute atomic E-state index is 0.0997. The van der Waals surface area contributed by atoms with Crippen molar-refractivity contribution in [2.24, 2.45) is 0 Å². The van der Waals surface area contributed by atoms with Crippen molar-refractivity contribution in [3.63, 3.8) is 0 Å². The average molecular weight is 319 g/mol. The van der Waals surface area contributed by atoms with Crippen LogP contribution in [0.4, 0.5) is 10.1 Å². The molecule has 1 nitrogen and oxygen atoms in total. The standard InChI is InChI=1S/C12H15FIN/c13-11-9-10(5-6-12(11)14)15-7-3-1-2-4-8-15/h5-6,9H,1-4,7-8H2. The van der Waals surface area contributed by atoms with E-state index in [1.807, 2.05) is 34.7 Å². The third-order valence-corrected chi connectivity index (χ3v) is 3.75. The first-order chi connectivity index (χ1) is 7.27. The molecule has 3 heteroatoms. The van der Waals surface area contributed by atoms with E-state index in [0.717, 1.165) is 18.8 Å². The molecular formula is C12H15FIN. The van der Waals surface area contributed by atoms with Crippen LogP contribution in [0.2, 0.25) is 0 Å². The molecule has 0 aromatic heterocycles. The number of rotatable bonds is 1. The quantitative estimate of drug-likeness (QED) is 0.712. The number of anilines is 1. The third-order valence-electron chi connectivity index (χ3n) is 2.87. The van der Waals surface area contributed by atoms with Gasteiger partial charge in [-0.05, 0) is 53.6 Å². The molecule has 15 heavy (non-hydrogen) atoms. The molecule has 0 radical (unpaired) electrons. The summed E-state index contributed by atoms with van der Waals surface area (Å²) in [6.07, 6.45) is 5.08. The Kier molecular flexibility index (Phi) is 3.83. The summed E-state index contributed by atoms with van der Waals surface area (Å²) in [5.41, 5.74) is 1.04. The monoisotopic (exact) mass is 319 g/mol. The molecule has 0 aliphatic carbocycles. The highest BCUT2D eigenvalue weighted by Crippen LogP contribution is 2.22. The van der Waals surface area contributed by atoms with Crippen molar-refractivity contribution in [1.29, 1.82) is 0 Å². The molecule has 1 saturated heterocycles. The van der Waals surface area contributed by atoms with E-state index in [9.17, 15) is 4.39 Å². The van der Waals surface area contributed by atoms with Crippen LogP contribution >= 0.6 is 22.6 Å². The predicted molar refractivity (Wildman–Crippen MR) is 69.8 cm³/mol. The zero-order valence-electron chi connectivity index (χ0n) is 8.68. The Morgan fingerprint density at radius 3 is 2.33 bits per heavy atom. The molecule has 1 fully saturated rings. The number of hydrogen-bond donors (Lipinski definition) is 0. The van der Waals surface area contributed by atoms with Crippen molar-refractivity contribution in [2.75, 3.05) is 18.0 Å². The molecule has 0 unspecified atom stereocenters. The average Bonchev–Trinajstić information content (AvgIpc) is 2.50. The normalized spacial score (nSPS) is 17.6.